The maximum Gasteiger partial charge on any atom is 0.412 e. The number of aliphatic carboxylic acids is 3. The van der Waals surface area contributed by atoms with E-state index in [1.54, 1.807) is 11.8 Å². The zero-order chi connectivity index (χ0) is 79.9. The van der Waals surface area contributed by atoms with Gasteiger partial charge in [0, 0.05) is 171 Å². The molecule has 5 heterocycles. The molecule has 5 amide bonds. The van der Waals surface area contributed by atoms with Crippen molar-refractivity contribution in [1.29, 1.82) is 0 Å². The van der Waals surface area contributed by atoms with E-state index in [0.29, 0.717) is 128 Å². The number of ether oxygens (including phenoxy) is 7. The molecule has 0 aliphatic carbocycles. The van der Waals surface area contributed by atoms with Crippen LogP contribution in [0.1, 0.15) is 109 Å². The second-order valence-electron chi connectivity index (χ2n) is 27.5. The summed E-state index contributed by atoms with van der Waals surface area (Å²) in [7, 11) is -4.07. The minimum absolute atomic E-state index is 0. The van der Waals surface area contributed by atoms with Gasteiger partial charge in [0.1, 0.15) is 17.5 Å². The van der Waals surface area contributed by atoms with Gasteiger partial charge in [0.15, 0.2) is 0 Å². The summed E-state index contributed by atoms with van der Waals surface area (Å²) in [5.41, 5.74) is 4.31. The average Bonchev–Trinajstić information content (AvgIpc) is 1.53. The first kappa shape index (κ1) is 93.3. The Morgan fingerprint density at radius 1 is 0.562 bits per heavy atom. The molecule has 4 aliphatic heterocycles. The van der Waals surface area contributed by atoms with E-state index in [0.717, 1.165) is 16.8 Å². The number of unbranched alkanes of at least 4 members (excludes halogenated alkanes) is 2. The van der Waals surface area contributed by atoms with Crippen molar-refractivity contribution < 1.29 is 157 Å². The molecule has 4 aliphatic rings. The van der Waals surface area contributed by atoms with E-state index < -0.39 is 73.7 Å². The maximum atomic E-state index is 14.2. The van der Waals surface area contributed by atoms with Crippen LogP contribution in [-0.4, -0.2) is 302 Å². The molecule has 4 unspecified atom stereocenters. The predicted molar refractivity (Wildman–Crippen MR) is 395 cm³/mol. The van der Waals surface area contributed by atoms with Gasteiger partial charge in [0.2, 0.25) is 29.5 Å². The summed E-state index contributed by atoms with van der Waals surface area (Å²) in [5.74, 6) is -9.43. The van der Waals surface area contributed by atoms with Gasteiger partial charge in [-0.05, 0) is 62.5 Å². The second kappa shape index (κ2) is 50.7. The Labute approximate surface area is 679 Å². The fraction of sp³-hybridized carbons (Fsp3) is 0.644. The van der Waals surface area contributed by atoms with Crippen molar-refractivity contribution in [2.24, 2.45) is 11.8 Å². The number of carboxylic acid groups (broad SMARTS) is 3. The fourth-order valence-corrected chi connectivity index (χ4v) is 14.2. The number of aryl methyl sites for hydroxylation is 1. The smallest absolute Gasteiger partial charge is 0.412 e. The number of ketones is 1. The SMILES string of the molecule is CC(CCC(=O)O)CP(=O)(O)OCCC[C@H](NC(=O)CC[C@H](CC(=O)CCCCCNC(=O)CCOCCOCCOCCOCCNC(=O)CCC(=O)N1Cc2ccccc2-c2c(nnn2CCCNC(=O)CN2CCN3CCN4CCN(CC2)CC(=O)OC(OC(=O)C3)OC(=O)C4)-c2ccccc21)C(=O)O)C(=O)O.[177Lu]. The molecular weight excluding hydrogens is 1650 g/mol. The number of hydrogen-bond acceptors (Lipinski definition) is 27. The number of rotatable bonds is 48. The van der Waals surface area contributed by atoms with Crippen LogP contribution in [0.5, 0.6) is 0 Å². The molecule has 2 aromatic carbocycles. The third-order valence-electron chi connectivity index (χ3n) is 18.7. The van der Waals surface area contributed by atoms with Gasteiger partial charge in [-0.15, -0.1) is 5.10 Å². The van der Waals surface area contributed by atoms with Crippen LogP contribution in [0.25, 0.3) is 22.5 Å². The number of Topliss-reactive ketones (excluding diaryl/α,β-unsaturated/α-hetero) is 1. The van der Waals surface area contributed by atoms with Crippen molar-refractivity contribution in [1.82, 2.24) is 55.9 Å². The van der Waals surface area contributed by atoms with Crippen molar-refractivity contribution in [2.75, 3.05) is 169 Å². The molecule has 3 aromatic rings. The van der Waals surface area contributed by atoms with Crippen LogP contribution in [-0.2, 0) is 113 Å². The van der Waals surface area contributed by atoms with Crippen LogP contribution in [0.4, 0.5) is 5.69 Å². The fourth-order valence-electron chi connectivity index (χ4n) is 12.7. The molecule has 4 bridgehead atoms. The summed E-state index contributed by atoms with van der Waals surface area (Å²) in [6.07, 6.45) is 0.899. The van der Waals surface area contributed by atoms with E-state index in [4.69, 9.17) is 42.8 Å². The summed E-state index contributed by atoms with van der Waals surface area (Å²) < 4.78 is 57.2. The summed E-state index contributed by atoms with van der Waals surface area (Å²) in [6.45, 7) is 6.38. The number of benzene rings is 2. The van der Waals surface area contributed by atoms with Crippen molar-refractivity contribution >= 4 is 84.4 Å². The molecule has 0 saturated carbocycles. The number of nitrogens with zero attached hydrogens (tertiary/aromatic N) is 8. The molecule has 3 fully saturated rings. The molecule has 8 N–H and O–H groups in total. The van der Waals surface area contributed by atoms with Crippen LogP contribution in [0, 0.1) is 48.7 Å². The number of amides is 5. The molecular formula is C73H107LuN12O25P. The Balaban J connectivity index is 0.0000196. The van der Waals surface area contributed by atoms with E-state index in [1.807, 2.05) is 72.8 Å². The molecule has 7 rings (SSSR count). The Hall–Kier alpha value is -7.52. The van der Waals surface area contributed by atoms with Gasteiger partial charge in [0.25, 0.3) is 0 Å². The standard InChI is InChI=1S/C73H107N12O25P.Lu/c1-52(17-22-65(92)93)51-111(101,102)107-36-9-15-58(72(99)100)77-62(89)19-18-53(71(97)98)45-55(86)12-3-2-8-24-74-61(88)23-37-103-39-41-105-43-44-106-42-40-104-38-26-76-60(87)20-21-64(91)84-46-54-11-4-5-13-56(54)70-69(57-14-6-7-16-59(57)84)78-79-85(70)27-10-25-75-63(90)47-80-28-30-81-32-34-83-35-33-82(31-29-80)49-67(95)109-73(108-66(94)48-81)110-68(96)50-83;/h4-7,11,13-14,16,52-53,58,73H,2-3,8-10,12,15,17-51H2,1H3,(H,74,88)(H,75,90)(H,76,87)(H,77,89)(H,92,93)(H,97,98)(H,99,100)(H,101,102);/t52?,53-,58+;/m1./s1/i;1+2. The number of nitrogens with one attached hydrogen (secondary N) is 4. The number of anilines is 1. The van der Waals surface area contributed by atoms with Gasteiger partial charge in [-0.25, -0.2) is 9.48 Å². The number of hydrogen-bond donors (Lipinski definition) is 8. The number of para-hydroxylation sites is 1. The van der Waals surface area contributed by atoms with Gasteiger partial charge in [0.05, 0.1) is 116 Å². The summed E-state index contributed by atoms with van der Waals surface area (Å²) in [6, 6.07) is 13.8. The average molecular weight is 1760 g/mol. The zero-order valence-corrected chi connectivity index (χ0v) is 65.8. The largest absolute Gasteiger partial charge is 0.481 e. The molecule has 39 heteroatoms. The monoisotopic (exact) mass is 1760 g/mol. The topological polar surface area (TPSA) is 472 Å². The first-order chi connectivity index (χ1) is 53.4. The normalized spacial score (nSPS) is 18.6. The van der Waals surface area contributed by atoms with Gasteiger partial charge < -0.3 is 84.1 Å². The molecule has 112 heavy (non-hydrogen) atoms. The molecule has 629 valence electrons. The third kappa shape index (κ3) is 35.1. The van der Waals surface area contributed by atoms with Crippen molar-refractivity contribution in [3.05, 3.63) is 54.1 Å². The van der Waals surface area contributed by atoms with Crippen LogP contribution in [0.2, 0.25) is 0 Å². The molecule has 6 atom stereocenters. The van der Waals surface area contributed by atoms with Gasteiger partial charge in [-0.2, -0.15) is 0 Å². The number of carboxylic acids is 3. The Kier molecular flexibility index (Phi) is 42.2. The van der Waals surface area contributed by atoms with E-state index in [9.17, 15) is 77.2 Å². The first-order valence-electron chi connectivity index (χ1n) is 37.8. The van der Waals surface area contributed by atoms with Crippen molar-refractivity contribution in [3.8, 4) is 22.5 Å². The Morgan fingerprint density at radius 2 is 1.12 bits per heavy atom. The van der Waals surface area contributed by atoms with Gasteiger partial charge in [-0.3, -0.25) is 76.9 Å². The zero-order valence-electron chi connectivity index (χ0n) is 63.3. The number of esters is 3. The third-order valence-corrected chi connectivity index (χ3v) is 20.3. The Bertz CT molecular complexity index is 3600. The maximum absolute atomic E-state index is 14.2. The summed E-state index contributed by atoms with van der Waals surface area (Å²) in [4.78, 5) is 171. The summed E-state index contributed by atoms with van der Waals surface area (Å²) >= 11 is 0. The second-order valence-corrected chi connectivity index (χ2v) is 29.4. The van der Waals surface area contributed by atoms with E-state index in [2.05, 4.69) is 31.6 Å². The molecule has 0 spiro atoms. The first-order valence-corrected chi connectivity index (χ1v) is 39.6. The molecule has 3 saturated heterocycles. The predicted octanol–water partition coefficient (Wildman–Crippen LogP) is 1.65. The summed E-state index contributed by atoms with van der Waals surface area (Å²) in [5, 5.41) is 48.3. The van der Waals surface area contributed by atoms with Crippen LogP contribution < -0.4 is 26.2 Å². The van der Waals surface area contributed by atoms with Crippen molar-refractivity contribution in [3.63, 3.8) is 0 Å². The van der Waals surface area contributed by atoms with Crippen LogP contribution >= 0.6 is 7.60 Å². The van der Waals surface area contributed by atoms with E-state index in [1.165, 1.54) is 0 Å². The molecule has 1 radical (unpaired) electrons. The van der Waals surface area contributed by atoms with Crippen LogP contribution in [0.3, 0.4) is 0 Å². The van der Waals surface area contributed by atoms with Gasteiger partial charge in [-0.1, -0.05) is 61.0 Å². The van der Waals surface area contributed by atoms with Crippen molar-refractivity contribution in [2.45, 2.75) is 129 Å². The number of carbonyl (C=O) groups excluding carboxylic acids is 9. The number of carbonyl (C=O) groups is 12. The quantitative estimate of drug-likeness (QED) is 0.0226. The van der Waals surface area contributed by atoms with Gasteiger partial charge >= 0.3 is 49.9 Å². The minimum atomic E-state index is -4.07. The number of aromatic nitrogens is 3. The molecule has 37 nitrogen and oxygen atoms in total. The van der Waals surface area contributed by atoms with E-state index >= 15 is 0 Å². The minimum Gasteiger partial charge on any atom is -0.481 e. The van der Waals surface area contributed by atoms with E-state index in [-0.39, 0.29) is 229 Å². The van der Waals surface area contributed by atoms with Crippen LogP contribution in [0.15, 0.2) is 48.5 Å². The molecule has 1 aromatic heterocycles. The number of fused-ring (bicyclic) bond motifs is 12. The Morgan fingerprint density at radius 3 is 1.75 bits per heavy atom.